The number of aromatic nitrogens is 2. The molecule has 0 fully saturated rings. The van der Waals surface area contributed by atoms with E-state index < -0.39 is 18.6 Å². The van der Waals surface area contributed by atoms with Gasteiger partial charge in [0.05, 0.1) is 16.6 Å². The highest BCUT2D eigenvalue weighted by Crippen LogP contribution is 2.28. The minimum Gasteiger partial charge on any atom is -0.451 e. The number of para-hydroxylation sites is 2. The second-order valence-electron chi connectivity index (χ2n) is 5.91. The van der Waals surface area contributed by atoms with Gasteiger partial charge < -0.3 is 10.1 Å². The maximum absolute atomic E-state index is 13.5. The average Bonchev–Trinajstić information content (AvgIpc) is 3.01. The molecule has 1 aromatic heterocycles. The second kappa shape index (κ2) is 7.53. The van der Waals surface area contributed by atoms with Gasteiger partial charge in [-0.15, -0.1) is 0 Å². The van der Waals surface area contributed by atoms with E-state index in [2.05, 4.69) is 10.3 Å². The molecular weight excluding hydrogens is 356 g/mol. The van der Waals surface area contributed by atoms with Gasteiger partial charge in [0.1, 0.15) is 0 Å². The summed E-state index contributed by atoms with van der Waals surface area (Å²) in [4.78, 5) is 27.5. The van der Waals surface area contributed by atoms with E-state index in [0.717, 1.165) is 4.57 Å². The molecule has 6 nitrogen and oxygen atoms in total. The average molecular weight is 373 g/mol. The number of alkyl halides is 2. The fourth-order valence-electron chi connectivity index (χ4n) is 2.73. The maximum Gasteiger partial charge on any atom is 0.338 e. The number of nitrogens with one attached hydrogen (secondary N) is 1. The zero-order valence-corrected chi connectivity index (χ0v) is 14.6. The Balaban J connectivity index is 1.81. The molecule has 27 heavy (non-hydrogen) atoms. The van der Waals surface area contributed by atoms with Crippen molar-refractivity contribution < 1.29 is 23.1 Å². The Morgan fingerprint density at radius 1 is 1.11 bits per heavy atom. The van der Waals surface area contributed by atoms with Crippen molar-refractivity contribution in [2.24, 2.45) is 0 Å². The molecule has 0 aliphatic carbocycles. The van der Waals surface area contributed by atoms with Crippen molar-refractivity contribution in [3.05, 3.63) is 59.9 Å². The van der Waals surface area contributed by atoms with Gasteiger partial charge in [0.2, 0.25) is 5.91 Å². The first-order valence-corrected chi connectivity index (χ1v) is 8.20. The number of rotatable bonds is 5. The van der Waals surface area contributed by atoms with Crippen molar-refractivity contribution >= 4 is 28.6 Å². The standard InChI is InChI=1S/C19H17F2N3O3/c1-11(17-23-15-5-3-4-6-16(15)24(17)19(20)21)27-18(26)13-7-9-14(10-8-13)22-12(2)25/h3-11,19H,1-2H3,(H,22,25). The van der Waals surface area contributed by atoms with Gasteiger partial charge >= 0.3 is 12.5 Å². The number of carbonyl (C=O) groups excluding carboxylic acids is 2. The third kappa shape index (κ3) is 3.94. The molecule has 0 bridgehead atoms. The number of ether oxygens (including phenoxy) is 1. The number of esters is 1. The summed E-state index contributed by atoms with van der Waals surface area (Å²) in [5, 5.41) is 2.58. The number of halogens is 2. The van der Waals surface area contributed by atoms with Crippen LogP contribution in [0.3, 0.4) is 0 Å². The molecule has 8 heteroatoms. The largest absolute Gasteiger partial charge is 0.451 e. The molecule has 0 aliphatic rings. The smallest absolute Gasteiger partial charge is 0.338 e. The van der Waals surface area contributed by atoms with E-state index in [9.17, 15) is 18.4 Å². The van der Waals surface area contributed by atoms with E-state index in [-0.39, 0.29) is 22.8 Å². The summed E-state index contributed by atoms with van der Waals surface area (Å²) in [7, 11) is 0. The maximum atomic E-state index is 13.5. The Bertz CT molecular complexity index is 984. The van der Waals surface area contributed by atoms with Crippen LogP contribution in [0.2, 0.25) is 0 Å². The number of carbonyl (C=O) groups is 2. The van der Waals surface area contributed by atoms with Crippen molar-refractivity contribution in [3.8, 4) is 0 Å². The van der Waals surface area contributed by atoms with Gasteiger partial charge in [0, 0.05) is 12.6 Å². The lowest BCUT2D eigenvalue weighted by molar-refractivity contribution is -0.114. The van der Waals surface area contributed by atoms with Crippen LogP contribution in [0.5, 0.6) is 0 Å². The van der Waals surface area contributed by atoms with Crippen LogP contribution in [0, 0.1) is 0 Å². The van der Waals surface area contributed by atoms with E-state index in [1.807, 2.05) is 0 Å². The number of anilines is 1. The van der Waals surface area contributed by atoms with Crippen molar-refractivity contribution in [1.82, 2.24) is 9.55 Å². The van der Waals surface area contributed by atoms with E-state index in [1.54, 1.807) is 30.3 Å². The van der Waals surface area contributed by atoms with Crippen molar-refractivity contribution in [2.75, 3.05) is 5.32 Å². The summed E-state index contributed by atoms with van der Waals surface area (Å²) >= 11 is 0. The SMILES string of the molecule is CC(=O)Nc1ccc(C(=O)OC(C)c2nc3ccccc3n2C(F)F)cc1. The quantitative estimate of drug-likeness (QED) is 0.677. The molecule has 0 aliphatic heterocycles. The van der Waals surface area contributed by atoms with Crippen molar-refractivity contribution in [3.63, 3.8) is 0 Å². The number of nitrogens with zero attached hydrogens (tertiary/aromatic N) is 2. The van der Waals surface area contributed by atoms with Gasteiger partial charge in [0.25, 0.3) is 0 Å². The molecule has 1 N–H and O–H groups in total. The van der Waals surface area contributed by atoms with Gasteiger partial charge in [-0.1, -0.05) is 12.1 Å². The summed E-state index contributed by atoms with van der Waals surface area (Å²) in [5.74, 6) is -0.941. The molecular formula is C19H17F2N3O3. The summed E-state index contributed by atoms with van der Waals surface area (Å²) < 4.78 is 33.1. The summed E-state index contributed by atoms with van der Waals surface area (Å²) in [5.41, 5.74) is 1.43. The Morgan fingerprint density at radius 3 is 2.41 bits per heavy atom. The van der Waals surface area contributed by atoms with Crippen LogP contribution >= 0.6 is 0 Å². The first-order chi connectivity index (χ1) is 12.9. The number of hydrogen-bond acceptors (Lipinski definition) is 4. The molecule has 0 saturated carbocycles. The third-order valence-electron chi connectivity index (χ3n) is 3.91. The van der Waals surface area contributed by atoms with Crippen LogP contribution in [0.1, 0.15) is 42.7 Å². The predicted molar refractivity (Wildman–Crippen MR) is 95.6 cm³/mol. The fraction of sp³-hybridized carbons (Fsp3) is 0.211. The normalized spacial score (nSPS) is 12.2. The number of imidazole rings is 1. The van der Waals surface area contributed by atoms with Crippen LogP contribution in [0.15, 0.2) is 48.5 Å². The molecule has 3 rings (SSSR count). The first-order valence-electron chi connectivity index (χ1n) is 8.20. The minimum atomic E-state index is -2.81. The van der Waals surface area contributed by atoms with E-state index >= 15 is 0 Å². The second-order valence-corrected chi connectivity index (χ2v) is 5.91. The molecule has 2 aromatic carbocycles. The van der Waals surface area contributed by atoms with Crippen molar-refractivity contribution in [2.45, 2.75) is 26.5 Å². The zero-order valence-electron chi connectivity index (χ0n) is 14.6. The molecule has 3 aromatic rings. The predicted octanol–water partition coefficient (Wildman–Crippen LogP) is 4.31. The third-order valence-corrected chi connectivity index (χ3v) is 3.91. The number of amides is 1. The van der Waals surface area contributed by atoms with Gasteiger partial charge in [-0.3, -0.25) is 9.36 Å². The molecule has 1 atom stereocenters. The topological polar surface area (TPSA) is 73.2 Å². The summed E-state index contributed by atoms with van der Waals surface area (Å²) in [6, 6.07) is 12.6. The molecule has 1 unspecified atom stereocenters. The van der Waals surface area contributed by atoms with Crippen LogP contribution in [-0.4, -0.2) is 21.4 Å². The Hall–Kier alpha value is -3.29. The number of fused-ring (bicyclic) bond motifs is 1. The lowest BCUT2D eigenvalue weighted by Gasteiger charge is -2.15. The van der Waals surface area contributed by atoms with Gasteiger partial charge in [-0.2, -0.15) is 8.78 Å². The van der Waals surface area contributed by atoms with E-state index in [0.29, 0.717) is 11.2 Å². The Morgan fingerprint density at radius 2 is 1.78 bits per heavy atom. The highest BCUT2D eigenvalue weighted by Gasteiger charge is 2.24. The monoisotopic (exact) mass is 373 g/mol. The Kier molecular flexibility index (Phi) is 5.16. The highest BCUT2D eigenvalue weighted by atomic mass is 19.3. The Labute approximate surface area is 153 Å². The van der Waals surface area contributed by atoms with Gasteiger partial charge in [-0.25, -0.2) is 9.78 Å². The fourth-order valence-corrected chi connectivity index (χ4v) is 2.73. The van der Waals surface area contributed by atoms with Crippen molar-refractivity contribution in [1.29, 1.82) is 0 Å². The van der Waals surface area contributed by atoms with Crippen LogP contribution in [-0.2, 0) is 9.53 Å². The van der Waals surface area contributed by atoms with Gasteiger partial charge in [0.15, 0.2) is 11.9 Å². The molecule has 1 heterocycles. The van der Waals surface area contributed by atoms with Crippen LogP contribution in [0.25, 0.3) is 11.0 Å². The molecule has 1 amide bonds. The zero-order chi connectivity index (χ0) is 19.6. The lowest BCUT2D eigenvalue weighted by Crippen LogP contribution is -2.14. The molecule has 0 saturated heterocycles. The number of benzene rings is 2. The molecule has 0 spiro atoms. The highest BCUT2D eigenvalue weighted by molar-refractivity contribution is 5.92. The van der Waals surface area contributed by atoms with Crippen LogP contribution < -0.4 is 5.32 Å². The van der Waals surface area contributed by atoms with E-state index in [1.165, 1.54) is 32.0 Å². The summed E-state index contributed by atoms with van der Waals surface area (Å²) in [6.45, 7) is 0.0494. The van der Waals surface area contributed by atoms with Gasteiger partial charge in [-0.05, 0) is 43.3 Å². The minimum absolute atomic E-state index is 0.0329. The molecule has 140 valence electrons. The van der Waals surface area contributed by atoms with Crippen LogP contribution in [0.4, 0.5) is 14.5 Å². The van der Waals surface area contributed by atoms with E-state index in [4.69, 9.17) is 4.74 Å². The lowest BCUT2D eigenvalue weighted by atomic mass is 10.2. The molecule has 0 radical (unpaired) electrons. The number of hydrogen-bond donors (Lipinski definition) is 1. The summed E-state index contributed by atoms with van der Waals surface area (Å²) in [6.07, 6.45) is -0.978. The first kappa shape index (κ1) is 18.5.